The maximum absolute atomic E-state index is 13.0. The van der Waals surface area contributed by atoms with Gasteiger partial charge in [0.25, 0.3) is 5.91 Å². The summed E-state index contributed by atoms with van der Waals surface area (Å²) in [4.78, 5) is 39.9. The van der Waals surface area contributed by atoms with E-state index in [1.807, 2.05) is 26.8 Å². The number of anilines is 1. The fraction of sp³-hybridized carbons (Fsp3) is 0.346. The molecule has 1 aliphatic heterocycles. The molecule has 0 aliphatic carbocycles. The van der Waals surface area contributed by atoms with Crippen molar-refractivity contribution in [3.05, 3.63) is 75.4 Å². The minimum absolute atomic E-state index is 0.196. The van der Waals surface area contributed by atoms with Gasteiger partial charge in [-0.3, -0.25) is 9.69 Å². The molecule has 0 aromatic heterocycles. The molecule has 0 spiro atoms. The van der Waals surface area contributed by atoms with Gasteiger partial charge in [-0.25, -0.2) is 9.59 Å². The zero-order valence-electron chi connectivity index (χ0n) is 19.9. The molecule has 2 aromatic carbocycles. The molecule has 2 N–H and O–H groups in total. The lowest BCUT2D eigenvalue weighted by molar-refractivity contribution is -0.140. The molecule has 1 unspecified atom stereocenters. The highest BCUT2D eigenvalue weighted by Gasteiger charge is 2.36. The van der Waals surface area contributed by atoms with Gasteiger partial charge in [0.05, 0.1) is 18.2 Å². The predicted octanol–water partition coefficient (Wildman–Crippen LogP) is 5.65. The summed E-state index contributed by atoms with van der Waals surface area (Å²) in [6, 6.07) is 13.3. The summed E-state index contributed by atoms with van der Waals surface area (Å²) in [5, 5.41) is 5.81. The number of ether oxygens (including phenoxy) is 1. The molecule has 3 amide bonds. The number of amides is 3. The van der Waals surface area contributed by atoms with Crippen LogP contribution in [0.2, 0.25) is 0 Å². The van der Waals surface area contributed by atoms with Gasteiger partial charge in [0.15, 0.2) is 0 Å². The van der Waals surface area contributed by atoms with Crippen molar-refractivity contribution in [3.63, 3.8) is 0 Å². The van der Waals surface area contributed by atoms with E-state index in [-0.39, 0.29) is 17.9 Å². The molecule has 2 aromatic rings. The number of allylic oxidation sites excluding steroid dienone is 1. The molecule has 1 atom stereocenters. The number of halogens is 1. The molecule has 0 radical (unpaired) electrons. The van der Waals surface area contributed by atoms with E-state index >= 15 is 0 Å². The largest absolute Gasteiger partial charge is 0.462 e. The first kappa shape index (κ1) is 25.5. The van der Waals surface area contributed by atoms with Crippen molar-refractivity contribution in [1.82, 2.24) is 10.2 Å². The molecule has 180 valence electrons. The summed E-state index contributed by atoms with van der Waals surface area (Å²) < 4.78 is 6.35. The lowest BCUT2D eigenvalue weighted by Crippen LogP contribution is -2.48. The van der Waals surface area contributed by atoms with E-state index in [1.165, 1.54) is 0 Å². The Labute approximate surface area is 208 Å². The van der Waals surface area contributed by atoms with Crippen LogP contribution in [-0.2, 0) is 9.53 Å². The molecule has 34 heavy (non-hydrogen) atoms. The Hall–Kier alpha value is -3.13. The smallest absolute Gasteiger partial charge is 0.338 e. The van der Waals surface area contributed by atoms with E-state index in [0.29, 0.717) is 35.7 Å². The molecular formula is C26H30BrN3O4. The summed E-state index contributed by atoms with van der Waals surface area (Å²) in [6.45, 7) is 8.50. The molecule has 7 nitrogen and oxygen atoms in total. The summed E-state index contributed by atoms with van der Waals surface area (Å²) in [5.41, 5.74) is 2.87. The molecule has 8 heteroatoms. The second kappa shape index (κ2) is 11.3. The minimum Gasteiger partial charge on any atom is -0.462 e. The first-order valence-corrected chi connectivity index (χ1v) is 12.1. The van der Waals surface area contributed by atoms with E-state index in [1.54, 1.807) is 54.3 Å². The van der Waals surface area contributed by atoms with Gasteiger partial charge in [0, 0.05) is 28.0 Å². The van der Waals surface area contributed by atoms with Gasteiger partial charge in [-0.2, -0.15) is 0 Å². The minimum atomic E-state index is -0.643. The fourth-order valence-electron chi connectivity index (χ4n) is 3.70. The van der Waals surface area contributed by atoms with Crippen LogP contribution in [0, 0.1) is 5.92 Å². The van der Waals surface area contributed by atoms with Crippen molar-refractivity contribution in [2.24, 2.45) is 5.92 Å². The van der Waals surface area contributed by atoms with Crippen LogP contribution in [0.4, 0.5) is 10.5 Å². The fourth-order valence-corrected chi connectivity index (χ4v) is 4.10. The van der Waals surface area contributed by atoms with Crippen molar-refractivity contribution in [1.29, 1.82) is 0 Å². The number of nitrogens with zero attached hydrogens (tertiary/aromatic N) is 1. The lowest BCUT2D eigenvalue weighted by Gasteiger charge is -2.35. The van der Waals surface area contributed by atoms with Crippen molar-refractivity contribution < 1.29 is 19.1 Å². The van der Waals surface area contributed by atoms with Gasteiger partial charge >= 0.3 is 12.0 Å². The second-order valence-electron chi connectivity index (χ2n) is 8.61. The van der Waals surface area contributed by atoms with Crippen LogP contribution in [0.1, 0.15) is 56.1 Å². The van der Waals surface area contributed by atoms with Crippen molar-refractivity contribution in [2.75, 3.05) is 18.5 Å². The number of hydrogen-bond acceptors (Lipinski definition) is 4. The Kier molecular flexibility index (Phi) is 8.50. The standard InChI is InChI=1S/C26H30BrN3O4/c1-5-13-30-17(4)22(25(32)34-15-16(2)3)23(29-26(30)33)18-9-11-21(12-10-18)28-24(31)19-7-6-8-20(27)14-19/h6-12,14,16,23H,5,13,15H2,1-4H3,(H,28,31)(H,29,33). The Morgan fingerprint density at radius 1 is 1.18 bits per heavy atom. The number of esters is 1. The Morgan fingerprint density at radius 2 is 1.88 bits per heavy atom. The third-order valence-electron chi connectivity index (χ3n) is 5.40. The van der Waals surface area contributed by atoms with Gasteiger partial charge in [-0.05, 0) is 55.2 Å². The molecule has 0 fully saturated rings. The van der Waals surface area contributed by atoms with Crippen LogP contribution in [0.25, 0.3) is 0 Å². The van der Waals surface area contributed by atoms with E-state index in [4.69, 9.17) is 4.74 Å². The van der Waals surface area contributed by atoms with Gasteiger partial charge in [-0.15, -0.1) is 0 Å². The van der Waals surface area contributed by atoms with E-state index < -0.39 is 12.0 Å². The van der Waals surface area contributed by atoms with Crippen molar-refractivity contribution in [3.8, 4) is 0 Å². The maximum atomic E-state index is 13.0. The highest BCUT2D eigenvalue weighted by atomic mass is 79.9. The topological polar surface area (TPSA) is 87.7 Å². The zero-order chi connectivity index (χ0) is 24.8. The summed E-state index contributed by atoms with van der Waals surface area (Å²) in [5.74, 6) is -0.477. The third kappa shape index (κ3) is 6.05. The zero-order valence-corrected chi connectivity index (χ0v) is 21.4. The third-order valence-corrected chi connectivity index (χ3v) is 5.89. The normalized spacial score (nSPS) is 15.9. The second-order valence-corrected chi connectivity index (χ2v) is 9.53. The van der Waals surface area contributed by atoms with E-state index in [9.17, 15) is 14.4 Å². The molecule has 0 bridgehead atoms. The van der Waals surface area contributed by atoms with Crippen molar-refractivity contribution >= 4 is 39.5 Å². The van der Waals surface area contributed by atoms with E-state index in [2.05, 4.69) is 26.6 Å². The number of benzene rings is 2. The Balaban J connectivity index is 1.86. The van der Waals surface area contributed by atoms with Crippen LogP contribution in [-0.4, -0.2) is 36.0 Å². The first-order valence-electron chi connectivity index (χ1n) is 11.3. The average molecular weight is 528 g/mol. The van der Waals surface area contributed by atoms with E-state index in [0.717, 1.165) is 16.5 Å². The Morgan fingerprint density at radius 3 is 2.50 bits per heavy atom. The van der Waals surface area contributed by atoms with Crippen LogP contribution in [0.5, 0.6) is 0 Å². The van der Waals surface area contributed by atoms with Crippen LogP contribution in [0.15, 0.2) is 64.3 Å². The number of carbonyl (C=O) groups excluding carboxylic acids is 3. The lowest BCUT2D eigenvalue weighted by atomic mass is 9.94. The predicted molar refractivity (Wildman–Crippen MR) is 135 cm³/mol. The molecule has 3 rings (SSSR count). The highest BCUT2D eigenvalue weighted by molar-refractivity contribution is 9.10. The number of hydrogen-bond donors (Lipinski definition) is 2. The summed E-state index contributed by atoms with van der Waals surface area (Å²) in [7, 11) is 0. The van der Waals surface area contributed by atoms with Crippen molar-refractivity contribution in [2.45, 2.75) is 40.2 Å². The molecular weight excluding hydrogens is 498 g/mol. The van der Waals surface area contributed by atoms with Crippen LogP contribution >= 0.6 is 15.9 Å². The molecule has 1 heterocycles. The van der Waals surface area contributed by atoms with Gasteiger partial charge in [0.2, 0.25) is 0 Å². The van der Waals surface area contributed by atoms with Crippen LogP contribution in [0.3, 0.4) is 0 Å². The van der Waals surface area contributed by atoms with Crippen LogP contribution < -0.4 is 10.6 Å². The number of urea groups is 1. The number of carbonyl (C=O) groups is 3. The summed E-state index contributed by atoms with van der Waals surface area (Å²) >= 11 is 3.37. The average Bonchev–Trinajstić information content (AvgIpc) is 2.80. The quantitative estimate of drug-likeness (QED) is 0.434. The monoisotopic (exact) mass is 527 g/mol. The molecule has 0 saturated heterocycles. The molecule has 1 aliphatic rings. The Bertz CT molecular complexity index is 1100. The summed E-state index contributed by atoms with van der Waals surface area (Å²) in [6.07, 6.45) is 0.760. The number of nitrogens with one attached hydrogen (secondary N) is 2. The maximum Gasteiger partial charge on any atom is 0.338 e. The van der Waals surface area contributed by atoms with Gasteiger partial charge < -0.3 is 15.4 Å². The van der Waals surface area contributed by atoms with Gasteiger partial charge in [0.1, 0.15) is 0 Å². The van der Waals surface area contributed by atoms with Gasteiger partial charge in [-0.1, -0.05) is 54.9 Å². The number of rotatable bonds is 8. The first-order chi connectivity index (χ1) is 16.2. The SMILES string of the molecule is CCCN1C(=O)NC(c2ccc(NC(=O)c3cccc(Br)c3)cc2)C(C(=O)OCC(C)C)=C1C. The molecule has 0 saturated carbocycles. The highest BCUT2D eigenvalue weighted by Crippen LogP contribution is 2.32.